The van der Waals surface area contributed by atoms with Crippen LogP contribution in [0.15, 0.2) is 46.8 Å². The summed E-state index contributed by atoms with van der Waals surface area (Å²) in [5.74, 6) is 2.43. The van der Waals surface area contributed by atoms with Crippen LogP contribution in [0.2, 0.25) is 0 Å². The van der Waals surface area contributed by atoms with Crippen molar-refractivity contribution in [3.05, 3.63) is 46.7 Å². The van der Waals surface area contributed by atoms with Gasteiger partial charge in [0, 0.05) is 49.4 Å². The van der Waals surface area contributed by atoms with Crippen LogP contribution in [0.1, 0.15) is 18.2 Å². The Balaban J connectivity index is 0.00000280. The maximum Gasteiger partial charge on any atom is 0.191 e. The Labute approximate surface area is 189 Å². The average molecular weight is 514 g/mol. The predicted octanol–water partition coefficient (Wildman–Crippen LogP) is 4.00. The molecule has 0 radical (unpaired) electrons. The topological polar surface area (TPSA) is 48.9 Å². The van der Waals surface area contributed by atoms with Gasteiger partial charge in [-0.05, 0) is 49.3 Å². The van der Waals surface area contributed by atoms with Crippen molar-refractivity contribution in [1.29, 1.82) is 0 Å². The molecule has 2 aromatic rings. The number of thiophene rings is 1. The van der Waals surface area contributed by atoms with Gasteiger partial charge in [0.05, 0.1) is 7.11 Å². The van der Waals surface area contributed by atoms with E-state index in [2.05, 4.69) is 58.2 Å². The fraction of sp³-hybridized carbons (Fsp3) is 0.476. The summed E-state index contributed by atoms with van der Waals surface area (Å²) in [5.41, 5.74) is 1.24. The number of aliphatic imine (C=N–C) groups is 1. The number of hydrogen-bond acceptors (Lipinski definition) is 4. The van der Waals surface area contributed by atoms with Crippen LogP contribution in [0.5, 0.6) is 5.75 Å². The van der Waals surface area contributed by atoms with Gasteiger partial charge in [-0.3, -0.25) is 4.99 Å². The largest absolute Gasteiger partial charge is 0.497 e. The summed E-state index contributed by atoms with van der Waals surface area (Å²) < 4.78 is 5.35. The summed E-state index contributed by atoms with van der Waals surface area (Å²) in [6, 6.07) is 12.6. The van der Waals surface area contributed by atoms with Crippen molar-refractivity contribution in [3.8, 4) is 5.75 Å². The molecule has 1 aliphatic rings. The van der Waals surface area contributed by atoms with Crippen molar-refractivity contribution < 1.29 is 4.74 Å². The Morgan fingerprint density at radius 3 is 2.93 bits per heavy atom. The minimum atomic E-state index is 0. The third kappa shape index (κ3) is 6.84. The molecule has 28 heavy (non-hydrogen) atoms. The van der Waals surface area contributed by atoms with E-state index in [1.807, 2.05) is 17.4 Å². The first kappa shape index (κ1) is 22.8. The van der Waals surface area contributed by atoms with Gasteiger partial charge < -0.3 is 20.3 Å². The number of nitrogens with one attached hydrogen (secondary N) is 2. The van der Waals surface area contributed by atoms with Gasteiger partial charge in [0.25, 0.3) is 0 Å². The van der Waals surface area contributed by atoms with Gasteiger partial charge in [0.2, 0.25) is 0 Å². The van der Waals surface area contributed by atoms with Crippen LogP contribution in [-0.2, 0) is 6.42 Å². The minimum absolute atomic E-state index is 0. The summed E-state index contributed by atoms with van der Waals surface area (Å²) in [4.78, 5) is 8.66. The molecule has 2 heterocycles. The molecule has 0 bridgehead atoms. The summed E-state index contributed by atoms with van der Waals surface area (Å²) in [5, 5.41) is 8.94. The molecule has 1 aromatic heterocycles. The van der Waals surface area contributed by atoms with E-state index in [0.717, 1.165) is 50.9 Å². The molecule has 1 aliphatic heterocycles. The fourth-order valence-corrected chi connectivity index (χ4v) is 4.05. The zero-order valence-corrected chi connectivity index (χ0v) is 19.8. The Morgan fingerprint density at radius 2 is 2.18 bits per heavy atom. The number of hydrogen-bond donors (Lipinski definition) is 2. The molecule has 154 valence electrons. The predicted molar refractivity (Wildman–Crippen MR) is 131 cm³/mol. The Bertz CT molecular complexity index is 723. The molecule has 2 N–H and O–H groups in total. The van der Waals surface area contributed by atoms with Crippen LogP contribution < -0.4 is 20.3 Å². The van der Waals surface area contributed by atoms with E-state index in [1.54, 1.807) is 7.11 Å². The summed E-state index contributed by atoms with van der Waals surface area (Å²) in [6.07, 6.45) is 2.21. The first-order valence-corrected chi connectivity index (χ1v) is 10.6. The van der Waals surface area contributed by atoms with Crippen LogP contribution in [0.3, 0.4) is 0 Å². The van der Waals surface area contributed by atoms with Gasteiger partial charge in [0.1, 0.15) is 5.75 Å². The van der Waals surface area contributed by atoms with Gasteiger partial charge in [-0.25, -0.2) is 0 Å². The van der Waals surface area contributed by atoms with Gasteiger partial charge in [0.15, 0.2) is 5.96 Å². The maximum absolute atomic E-state index is 5.35. The molecular weight excluding hydrogens is 483 g/mol. The summed E-state index contributed by atoms with van der Waals surface area (Å²) >= 11 is 1.81. The first-order chi connectivity index (χ1) is 13.3. The second-order valence-electron chi connectivity index (χ2n) is 6.78. The molecule has 1 fully saturated rings. The third-order valence-electron chi connectivity index (χ3n) is 4.80. The summed E-state index contributed by atoms with van der Waals surface area (Å²) in [6.45, 7) is 6.88. The molecule has 0 aliphatic carbocycles. The highest BCUT2D eigenvalue weighted by atomic mass is 127. The molecule has 1 unspecified atom stereocenters. The second kappa shape index (κ2) is 12.2. The number of halogens is 1. The van der Waals surface area contributed by atoms with Crippen molar-refractivity contribution in [3.63, 3.8) is 0 Å². The number of methoxy groups -OCH3 is 1. The van der Waals surface area contributed by atoms with Gasteiger partial charge >= 0.3 is 0 Å². The Morgan fingerprint density at radius 1 is 1.29 bits per heavy atom. The van der Waals surface area contributed by atoms with Crippen LogP contribution in [0.25, 0.3) is 0 Å². The van der Waals surface area contributed by atoms with E-state index in [0.29, 0.717) is 5.92 Å². The highest BCUT2D eigenvalue weighted by molar-refractivity contribution is 14.0. The molecule has 1 aromatic carbocycles. The standard InChI is InChI=1S/C21H30N4OS.HI/c1-3-22-21(23-11-9-20-8-5-13-27-20)24-15-17-10-12-25(16-17)18-6-4-7-19(14-18)26-2;/h4-8,13-14,17H,3,9-12,15-16H2,1-2H3,(H2,22,23,24);1H. The zero-order chi connectivity index (χ0) is 18.9. The monoisotopic (exact) mass is 514 g/mol. The molecule has 0 saturated carbocycles. The van der Waals surface area contributed by atoms with Crippen molar-refractivity contribution in [2.24, 2.45) is 10.9 Å². The van der Waals surface area contributed by atoms with Crippen LogP contribution in [0, 0.1) is 5.92 Å². The SMILES string of the molecule is CCNC(=NCC1CCN(c2cccc(OC)c2)C1)NCCc1cccs1.I. The number of anilines is 1. The molecule has 1 atom stereocenters. The highest BCUT2D eigenvalue weighted by Crippen LogP contribution is 2.26. The number of ether oxygens (including phenoxy) is 1. The lowest BCUT2D eigenvalue weighted by Gasteiger charge is -2.19. The van der Waals surface area contributed by atoms with Crippen LogP contribution in [0.4, 0.5) is 5.69 Å². The Hall–Kier alpha value is -1.48. The number of rotatable bonds is 8. The van der Waals surface area contributed by atoms with Crippen molar-refractivity contribution in [2.45, 2.75) is 19.8 Å². The number of benzene rings is 1. The van der Waals surface area contributed by atoms with E-state index >= 15 is 0 Å². The normalized spacial score (nSPS) is 16.6. The molecule has 5 nitrogen and oxygen atoms in total. The molecule has 0 spiro atoms. The van der Waals surface area contributed by atoms with Crippen LogP contribution in [-0.4, -0.2) is 45.8 Å². The first-order valence-electron chi connectivity index (χ1n) is 9.72. The second-order valence-corrected chi connectivity index (χ2v) is 7.81. The fourth-order valence-electron chi connectivity index (χ4n) is 3.34. The van der Waals surface area contributed by atoms with Crippen molar-refractivity contribution >= 4 is 47.0 Å². The maximum atomic E-state index is 5.35. The van der Waals surface area contributed by atoms with Crippen molar-refractivity contribution in [2.75, 3.05) is 44.7 Å². The molecule has 7 heteroatoms. The number of nitrogens with zero attached hydrogens (tertiary/aromatic N) is 2. The van der Waals surface area contributed by atoms with E-state index in [1.165, 1.54) is 17.0 Å². The lowest BCUT2D eigenvalue weighted by atomic mass is 10.1. The smallest absolute Gasteiger partial charge is 0.191 e. The van der Waals surface area contributed by atoms with E-state index in [9.17, 15) is 0 Å². The van der Waals surface area contributed by atoms with Gasteiger partial charge in [-0.2, -0.15) is 0 Å². The summed E-state index contributed by atoms with van der Waals surface area (Å²) in [7, 11) is 1.72. The Kier molecular flexibility index (Phi) is 9.91. The molecule has 1 saturated heterocycles. The van der Waals surface area contributed by atoms with E-state index in [-0.39, 0.29) is 24.0 Å². The molecular formula is C21H31IN4OS. The lowest BCUT2D eigenvalue weighted by molar-refractivity contribution is 0.415. The minimum Gasteiger partial charge on any atom is -0.497 e. The number of guanidine groups is 1. The van der Waals surface area contributed by atoms with Gasteiger partial charge in [-0.15, -0.1) is 35.3 Å². The zero-order valence-electron chi connectivity index (χ0n) is 16.7. The van der Waals surface area contributed by atoms with Crippen molar-refractivity contribution in [1.82, 2.24) is 10.6 Å². The lowest BCUT2D eigenvalue weighted by Crippen LogP contribution is -2.38. The molecule has 3 rings (SSSR count). The highest BCUT2D eigenvalue weighted by Gasteiger charge is 2.22. The quantitative estimate of drug-likeness (QED) is 0.318. The molecule has 0 amide bonds. The van der Waals surface area contributed by atoms with Crippen LogP contribution >= 0.6 is 35.3 Å². The third-order valence-corrected chi connectivity index (χ3v) is 5.74. The van der Waals surface area contributed by atoms with E-state index in [4.69, 9.17) is 9.73 Å². The average Bonchev–Trinajstić information content (AvgIpc) is 3.38. The van der Waals surface area contributed by atoms with Gasteiger partial charge in [-0.1, -0.05) is 12.1 Å². The van der Waals surface area contributed by atoms with E-state index < -0.39 is 0 Å².